The highest BCUT2D eigenvalue weighted by Gasteiger charge is 2.38. The Hall–Kier alpha value is -4.14. The van der Waals surface area contributed by atoms with E-state index in [0.29, 0.717) is 12.0 Å². The Morgan fingerprint density at radius 2 is 1.48 bits per heavy atom. The number of ether oxygens (including phenoxy) is 2. The third-order valence-electron chi connectivity index (χ3n) is 6.88. The summed E-state index contributed by atoms with van der Waals surface area (Å²) in [5.41, 5.74) is 1.64. The van der Waals surface area contributed by atoms with Gasteiger partial charge in [-0.3, -0.25) is 9.59 Å². The molecule has 0 saturated carbocycles. The minimum absolute atomic E-state index is 0.00458. The van der Waals surface area contributed by atoms with E-state index in [2.05, 4.69) is 17.2 Å². The number of amides is 3. The van der Waals surface area contributed by atoms with Crippen molar-refractivity contribution in [2.45, 2.75) is 111 Å². The average molecular weight is 636 g/mol. The lowest BCUT2D eigenvalue weighted by molar-refractivity contribution is -0.159. The predicted octanol–water partition coefficient (Wildman–Crippen LogP) is 6.37. The largest absolute Gasteiger partial charge is 0.458 e. The van der Waals surface area contributed by atoms with Crippen molar-refractivity contribution in [2.75, 3.05) is 6.54 Å². The molecule has 0 fully saturated rings. The van der Waals surface area contributed by atoms with Crippen molar-refractivity contribution in [1.82, 2.24) is 15.5 Å². The van der Waals surface area contributed by atoms with Gasteiger partial charge in [-0.2, -0.15) is 0 Å². The topological polar surface area (TPSA) is 114 Å². The van der Waals surface area contributed by atoms with Gasteiger partial charge in [-0.15, -0.1) is 6.58 Å². The number of nitrogens with one attached hydrogen (secondary N) is 2. The number of nitrogens with zero attached hydrogens (tertiary/aromatic N) is 1. The van der Waals surface area contributed by atoms with E-state index in [1.165, 1.54) is 11.0 Å². The van der Waals surface area contributed by atoms with Crippen LogP contribution in [0.5, 0.6) is 0 Å². The van der Waals surface area contributed by atoms with E-state index in [1.807, 2.05) is 76.2 Å². The molecule has 9 heteroatoms. The summed E-state index contributed by atoms with van der Waals surface area (Å²) in [6.07, 6.45) is 1.30. The average Bonchev–Trinajstić information content (AvgIpc) is 2.91. The monoisotopic (exact) mass is 635 g/mol. The fourth-order valence-corrected chi connectivity index (χ4v) is 5.05. The Morgan fingerprint density at radius 3 is 2.00 bits per heavy atom. The Bertz CT molecular complexity index is 1360. The van der Waals surface area contributed by atoms with Crippen molar-refractivity contribution in [3.8, 4) is 0 Å². The molecular formula is C37H53N3O6. The molecule has 0 saturated heterocycles. The maximum Gasteiger partial charge on any atom is 0.408 e. The van der Waals surface area contributed by atoms with E-state index in [0.717, 1.165) is 16.7 Å². The minimum atomic E-state index is -1.15. The number of hydrogen-bond acceptors (Lipinski definition) is 6. The van der Waals surface area contributed by atoms with Gasteiger partial charge in [-0.1, -0.05) is 74.0 Å². The van der Waals surface area contributed by atoms with Gasteiger partial charge in [0.05, 0.1) is 0 Å². The summed E-state index contributed by atoms with van der Waals surface area (Å²) in [5.74, 6) is -1.59. The van der Waals surface area contributed by atoms with Gasteiger partial charge in [-0.25, -0.2) is 9.59 Å². The molecule has 3 unspecified atom stereocenters. The standard InChI is InChI=1S/C37H53N3O6/c1-12-20-40(33(42)29(21-24(2)3)39-35(44)46-37(9,10)11)31(28-19-18-25(4)22-26(28)5)32(41)38-30(34(43)45-36(6,7)8)23-27-16-14-13-15-17-27/h12-19,22,24,29-31H,1,20-21,23H2,2-11H3,(H,38,41)(H,39,44). The van der Waals surface area contributed by atoms with Gasteiger partial charge in [0.2, 0.25) is 11.8 Å². The molecule has 3 amide bonds. The number of aryl methyl sites for hydroxylation is 2. The van der Waals surface area contributed by atoms with Crippen LogP contribution in [0.15, 0.2) is 61.2 Å². The number of carbonyl (C=O) groups is 4. The summed E-state index contributed by atoms with van der Waals surface area (Å²) in [6.45, 7) is 22.1. The van der Waals surface area contributed by atoms with E-state index in [9.17, 15) is 19.2 Å². The van der Waals surface area contributed by atoms with Gasteiger partial charge >= 0.3 is 12.1 Å². The first-order valence-corrected chi connectivity index (χ1v) is 15.9. The highest BCUT2D eigenvalue weighted by Crippen LogP contribution is 2.28. The molecular weight excluding hydrogens is 582 g/mol. The molecule has 2 N–H and O–H groups in total. The van der Waals surface area contributed by atoms with Crippen molar-refractivity contribution >= 4 is 23.9 Å². The number of benzene rings is 2. The molecule has 9 nitrogen and oxygen atoms in total. The first kappa shape index (κ1) is 38.0. The molecule has 2 aromatic carbocycles. The first-order valence-electron chi connectivity index (χ1n) is 15.9. The molecule has 2 rings (SSSR count). The lowest BCUT2D eigenvalue weighted by Crippen LogP contribution is -2.55. The second kappa shape index (κ2) is 16.4. The second-order valence-corrected chi connectivity index (χ2v) is 14.2. The Labute approximate surface area is 275 Å². The first-order chi connectivity index (χ1) is 21.3. The van der Waals surface area contributed by atoms with E-state index in [1.54, 1.807) is 41.5 Å². The van der Waals surface area contributed by atoms with Crippen LogP contribution in [-0.2, 0) is 30.3 Å². The maximum absolute atomic E-state index is 14.5. The third-order valence-corrected chi connectivity index (χ3v) is 6.88. The van der Waals surface area contributed by atoms with Crippen molar-refractivity contribution in [2.24, 2.45) is 5.92 Å². The summed E-state index contributed by atoms with van der Waals surface area (Å²) >= 11 is 0. The van der Waals surface area contributed by atoms with Crippen molar-refractivity contribution in [3.05, 3.63) is 83.4 Å². The van der Waals surface area contributed by atoms with Crippen LogP contribution in [0.3, 0.4) is 0 Å². The molecule has 0 aromatic heterocycles. The van der Waals surface area contributed by atoms with E-state index >= 15 is 0 Å². The zero-order valence-electron chi connectivity index (χ0n) is 29.2. The molecule has 0 aliphatic rings. The molecule has 0 heterocycles. The molecule has 252 valence electrons. The number of carbonyl (C=O) groups excluding carboxylic acids is 4. The third kappa shape index (κ3) is 12.3. The number of esters is 1. The Morgan fingerprint density at radius 1 is 0.870 bits per heavy atom. The fourth-order valence-electron chi connectivity index (χ4n) is 5.05. The van der Waals surface area contributed by atoms with Crippen LogP contribution in [0.1, 0.15) is 90.1 Å². The summed E-state index contributed by atoms with van der Waals surface area (Å²) in [4.78, 5) is 56.6. The van der Waals surface area contributed by atoms with Gasteiger partial charge < -0.3 is 25.0 Å². The van der Waals surface area contributed by atoms with Crippen LogP contribution in [0, 0.1) is 19.8 Å². The minimum Gasteiger partial charge on any atom is -0.458 e. The molecule has 0 aliphatic carbocycles. The van der Waals surface area contributed by atoms with Gasteiger partial charge in [-0.05, 0) is 84.4 Å². The molecule has 0 aliphatic heterocycles. The predicted molar refractivity (Wildman–Crippen MR) is 181 cm³/mol. The Balaban J connectivity index is 2.63. The highest BCUT2D eigenvalue weighted by molar-refractivity contribution is 5.94. The fraction of sp³-hybridized carbons (Fsp3) is 0.514. The zero-order chi connectivity index (χ0) is 34.8. The van der Waals surface area contributed by atoms with Gasteiger partial charge in [0.1, 0.15) is 29.3 Å². The summed E-state index contributed by atoms with van der Waals surface area (Å²) in [7, 11) is 0. The molecule has 0 bridgehead atoms. The molecule has 0 radical (unpaired) electrons. The van der Waals surface area contributed by atoms with E-state index in [4.69, 9.17) is 9.47 Å². The normalized spacial score (nSPS) is 13.6. The van der Waals surface area contributed by atoms with Gasteiger partial charge in [0, 0.05) is 13.0 Å². The smallest absolute Gasteiger partial charge is 0.408 e. The summed E-state index contributed by atoms with van der Waals surface area (Å²) in [5, 5.41) is 5.66. The summed E-state index contributed by atoms with van der Waals surface area (Å²) < 4.78 is 11.2. The lowest BCUT2D eigenvalue weighted by Gasteiger charge is -2.35. The SMILES string of the molecule is C=CCN(C(=O)C(CC(C)C)NC(=O)OC(C)(C)C)C(C(=O)NC(Cc1ccccc1)C(=O)OC(C)(C)C)c1ccc(C)cc1C. The number of rotatable bonds is 13. The van der Waals surface area contributed by atoms with Crippen LogP contribution >= 0.6 is 0 Å². The van der Waals surface area contributed by atoms with Crippen molar-refractivity contribution in [1.29, 1.82) is 0 Å². The van der Waals surface area contributed by atoms with Crippen LogP contribution in [0.2, 0.25) is 0 Å². The second-order valence-electron chi connectivity index (χ2n) is 14.2. The highest BCUT2D eigenvalue weighted by atomic mass is 16.6. The molecule has 46 heavy (non-hydrogen) atoms. The Kier molecular flexibility index (Phi) is 13.6. The van der Waals surface area contributed by atoms with Crippen LogP contribution in [-0.4, -0.2) is 58.6 Å². The quantitative estimate of drug-likeness (QED) is 0.195. The lowest BCUT2D eigenvalue weighted by atomic mass is 9.95. The van der Waals surface area contributed by atoms with Crippen LogP contribution < -0.4 is 10.6 Å². The number of hydrogen-bond donors (Lipinski definition) is 2. The molecule has 2 aromatic rings. The maximum atomic E-state index is 14.5. The number of alkyl carbamates (subject to hydrolysis) is 1. The summed E-state index contributed by atoms with van der Waals surface area (Å²) in [6, 6.07) is 11.8. The molecule has 0 spiro atoms. The zero-order valence-corrected chi connectivity index (χ0v) is 29.2. The van der Waals surface area contributed by atoms with Gasteiger partial charge in [0.15, 0.2) is 0 Å². The van der Waals surface area contributed by atoms with Crippen molar-refractivity contribution < 1.29 is 28.7 Å². The molecule has 3 atom stereocenters. The van der Waals surface area contributed by atoms with Crippen LogP contribution in [0.4, 0.5) is 4.79 Å². The van der Waals surface area contributed by atoms with Crippen molar-refractivity contribution in [3.63, 3.8) is 0 Å². The van der Waals surface area contributed by atoms with Gasteiger partial charge in [0.25, 0.3) is 0 Å². The van der Waals surface area contributed by atoms with E-state index < -0.39 is 53.2 Å². The van der Waals surface area contributed by atoms with E-state index in [-0.39, 0.29) is 18.9 Å². The van der Waals surface area contributed by atoms with Crippen LogP contribution in [0.25, 0.3) is 0 Å².